The molecule has 0 aliphatic carbocycles. The number of carboxylic acids is 1. The summed E-state index contributed by atoms with van der Waals surface area (Å²) in [5.41, 5.74) is 2.14. The van der Waals surface area contributed by atoms with Crippen molar-refractivity contribution in [2.75, 3.05) is 0 Å². The second-order valence-electron chi connectivity index (χ2n) is 5.05. The first kappa shape index (κ1) is 11.8. The Morgan fingerprint density at radius 2 is 1.73 bits per heavy atom. The molecular weight excluding hydrogens is 188 g/mol. The van der Waals surface area contributed by atoms with Gasteiger partial charge >= 0.3 is 0 Å². The van der Waals surface area contributed by atoms with E-state index in [0.717, 1.165) is 17.5 Å². The maximum Gasteiger partial charge on any atom is 0.0458 e. The van der Waals surface area contributed by atoms with Crippen molar-refractivity contribution in [3.05, 3.63) is 35.4 Å². The zero-order valence-corrected chi connectivity index (χ0v) is 9.54. The Hall–Kier alpha value is -1.31. The Kier molecular flexibility index (Phi) is 3.51. The fourth-order valence-electron chi connectivity index (χ4n) is 1.63. The minimum atomic E-state index is -1.02. The van der Waals surface area contributed by atoms with Gasteiger partial charge in [-0.25, -0.2) is 0 Å². The van der Waals surface area contributed by atoms with E-state index >= 15 is 0 Å². The highest BCUT2D eigenvalue weighted by Crippen LogP contribution is 2.23. The highest BCUT2D eigenvalue weighted by Gasteiger charge is 2.13. The Morgan fingerprint density at radius 1 is 1.20 bits per heavy atom. The van der Waals surface area contributed by atoms with E-state index in [9.17, 15) is 9.90 Å². The molecule has 2 nitrogen and oxygen atoms in total. The molecular formula is C13H17O2-. The van der Waals surface area contributed by atoms with Crippen LogP contribution in [0.2, 0.25) is 0 Å². The van der Waals surface area contributed by atoms with Gasteiger partial charge in [0.15, 0.2) is 0 Å². The molecule has 1 aromatic rings. The standard InChI is InChI=1S/C13H18O2/c1-13(2,3)9-11-7-5-4-6-10(11)8-12(14)15/h4-7H,8-9H2,1-3H3,(H,14,15)/p-1. The van der Waals surface area contributed by atoms with Crippen molar-refractivity contribution in [2.45, 2.75) is 33.6 Å². The van der Waals surface area contributed by atoms with E-state index in [4.69, 9.17) is 0 Å². The first-order valence-electron chi connectivity index (χ1n) is 5.15. The monoisotopic (exact) mass is 205 g/mol. The van der Waals surface area contributed by atoms with Crippen LogP contribution >= 0.6 is 0 Å². The van der Waals surface area contributed by atoms with Crippen molar-refractivity contribution >= 4 is 5.97 Å². The van der Waals surface area contributed by atoms with Crippen LogP contribution in [-0.2, 0) is 17.6 Å². The van der Waals surface area contributed by atoms with E-state index in [1.54, 1.807) is 0 Å². The van der Waals surface area contributed by atoms with Crippen LogP contribution in [0.5, 0.6) is 0 Å². The molecule has 0 aromatic heterocycles. The number of carboxylic acid groups (broad SMARTS) is 1. The maximum absolute atomic E-state index is 10.6. The number of benzene rings is 1. The van der Waals surface area contributed by atoms with Gasteiger partial charge in [0.1, 0.15) is 0 Å². The lowest BCUT2D eigenvalue weighted by Gasteiger charge is -2.20. The fourth-order valence-corrected chi connectivity index (χ4v) is 1.63. The van der Waals surface area contributed by atoms with Gasteiger partial charge in [0.05, 0.1) is 0 Å². The Morgan fingerprint density at radius 3 is 2.20 bits per heavy atom. The van der Waals surface area contributed by atoms with Crippen LogP contribution in [0.25, 0.3) is 0 Å². The number of rotatable bonds is 3. The molecule has 2 heteroatoms. The minimum Gasteiger partial charge on any atom is -0.550 e. The normalized spacial score (nSPS) is 11.4. The molecule has 0 fully saturated rings. The van der Waals surface area contributed by atoms with Gasteiger partial charge in [0.2, 0.25) is 0 Å². The van der Waals surface area contributed by atoms with Gasteiger partial charge in [-0.05, 0) is 23.0 Å². The van der Waals surface area contributed by atoms with Crippen LogP contribution in [0.1, 0.15) is 31.9 Å². The Bertz CT molecular complexity index is 348. The molecule has 0 atom stereocenters. The molecule has 0 unspecified atom stereocenters. The summed E-state index contributed by atoms with van der Waals surface area (Å²) < 4.78 is 0. The van der Waals surface area contributed by atoms with Gasteiger partial charge in [-0.15, -0.1) is 0 Å². The highest BCUT2D eigenvalue weighted by atomic mass is 16.4. The molecule has 0 radical (unpaired) electrons. The molecule has 1 aromatic carbocycles. The molecule has 0 spiro atoms. The van der Waals surface area contributed by atoms with Crippen molar-refractivity contribution < 1.29 is 9.90 Å². The summed E-state index contributed by atoms with van der Waals surface area (Å²) in [7, 11) is 0. The molecule has 1 rings (SSSR count). The second kappa shape index (κ2) is 4.47. The molecule has 82 valence electrons. The van der Waals surface area contributed by atoms with Crippen LogP contribution in [0.3, 0.4) is 0 Å². The Balaban J connectivity index is 2.91. The SMILES string of the molecule is CC(C)(C)Cc1ccccc1CC(=O)[O-]. The number of aliphatic carboxylic acids is 1. The Labute approximate surface area is 90.9 Å². The third-order valence-electron chi connectivity index (χ3n) is 2.17. The van der Waals surface area contributed by atoms with Gasteiger partial charge in [-0.1, -0.05) is 45.0 Å². The molecule has 0 aliphatic rings. The van der Waals surface area contributed by atoms with Crippen LogP contribution in [0.4, 0.5) is 0 Å². The lowest BCUT2D eigenvalue weighted by atomic mass is 9.86. The third-order valence-corrected chi connectivity index (χ3v) is 2.17. The van der Waals surface area contributed by atoms with E-state index < -0.39 is 5.97 Å². The van der Waals surface area contributed by atoms with E-state index in [-0.39, 0.29) is 11.8 Å². The van der Waals surface area contributed by atoms with Crippen molar-refractivity contribution in [3.63, 3.8) is 0 Å². The maximum atomic E-state index is 10.6. The molecule has 0 amide bonds. The van der Waals surface area contributed by atoms with Crippen molar-refractivity contribution in [3.8, 4) is 0 Å². The zero-order chi connectivity index (χ0) is 11.5. The summed E-state index contributed by atoms with van der Waals surface area (Å²) in [5, 5.41) is 10.6. The molecule has 0 saturated carbocycles. The average Bonchev–Trinajstić information content (AvgIpc) is 2.05. The van der Waals surface area contributed by atoms with Gasteiger partial charge < -0.3 is 9.90 Å². The third kappa shape index (κ3) is 4.15. The first-order valence-corrected chi connectivity index (χ1v) is 5.15. The molecule has 0 bridgehead atoms. The summed E-state index contributed by atoms with van der Waals surface area (Å²) in [6.07, 6.45) is 0.892. The number of hydrogen-bond donors (Lipinski definition) is 0. The summed E-state index contributed by atoms with van der Waals surface area (Å²) in [5.74, 6) is -1.02. The zero-order valence-electron chi connectivity index (χ0n) is 9.54. The highest BCUT2D eigenvalue weighted by molar-refractivity contribution is 5.68. The first-order chi connectivity index (χ1) is 6.88. The largest absolute Gasteiger partial charge is 0.550 e. The summed E-state index contributed by atoms with van der Waals surface area (Å²) in [6.45, 7) is 6.42. The summed E-state index contributed by atoms with van der Waals surface area (Å²) in [4.78, 5) is 10.6. The fraction of sp³-hybridized carbons (Fsp3) is 0.462. The van der Waals surface area contributed by atoms with Crippen LogP contribution in [0.15, 0.2) is 24.3 Å². The van der Waals surface area contributed by atoms with Gasteiger partial charge in [-0.3, -0.25) is 0 Å². The van der Waals surface area contributed by atoms with Crippen LogP contribution in [0, 0.1) is 5.41 Å². The topological polar surface area (TPSA) is 40.1 Å². The predicted octanol–water partition coefficient (Wildman–Crippen LogP) is 1.57. The number of hydrogen-bond acceptors (Lipinski definition) is 2. The quantitative estimate of drug-likeness (QED) is 0.751. The van der Waals surface area contributed by atoms with Gasteiger partial charge in [-0.2, -0.15) is 0 Å². The minimum absolute atomic E-state index is 0.00620. The number of carbonyl (C=O) groups excluding carboxylic acids is 1. The predicted molar refractivity (Wildman–Crippen MR) is 58.3 cm³/mol. The van der Waals surface area contributed by atoms with Crippen LogP contribution in [-0.4, -0.2) is 5.97 Å². The smallest absolute Gasteiger partial charge is 0.0458 e. The van der Waals surface area contributed by atoms with Crippen molar-refractivity contribution in [1.29, 1.82) is 0 Å². The van der Waals surface area contributed by atoms with E-state index in [2.05, 4.69) is 20.8 Å². The summed E-state index contributed by atoms with van der Waals surface area (Å²) >= 11 is 0. The molecule has 0 heterocycles. The lowest BCUT2D eigenvalue weighted by molar-refractivity contribution is -0.304. The van der Waals surface area contributed by atoms with Crippen LogP contribution < -0.4 is 5.11 Å². The molecule has 0 aliphatic heterocycles. The van der Waals surface area contributed by atoms with E-state index in [1.807, 2.05) is 24.3 Å². The van der Waals surface area contributed by atoms with E-state index in [0.29, 0.717) is 0 Å². The van der Waals surface area contributed by atoms with Crippen molar-refractivity contribution in [2.24, 2.45) is 5.41 Å². The lowest BCUT2D eigenvalue weighted by Crippen LogP contribution is -2.25. The molecule has 15 heavy (non-hydrogen) atoms. The van der Waals surface area contributed by atoms with Gasteiger partial charge in [0, 0.05) is 12.4 Å². The van der Waals surface area contributed by atoms with E-state index in [1.165, 1.54) is 0 Å². The van der Waals surface area contributed by atoms with Crippen molar-refractivity contribution in [1.82, 2.24) is 0 Å². The van der Waals surface area contributed by atoms with Gasteiger partial charge in [0.25, 0.3) is 0 Å². The summed E-state index contributed by atoms with van der Waals surface area (Å²) in [6, 6.07) is 7.66. The second-order valence-corrected chi connectivity index (χ2v) is 5.05. The molecule has 0 N–H and O–H groups in total. The molecule has 0 saturated heterocycles. The number of carbonyl (C=O) groups is 1. The average molecular weight is 205 g/mol.